The Hall–Kier alpha value is -1.06. The lowest BCUT2D eigenvalue weighted by atomic mass is 9.58. The van der Waals surface area contributed by atoms with Gasteiger partial charge in [0, 0.05) is 0 Å². The van der Waals surface area contributed by atoms with Gasteiger partial charge < -0.3 is 9.47 Å². The number of esters is 2. The molecule has 6 fully saturated rings. The van der Waals surface area contributed by atoms with Gasteiger partial charge in [0.15, 0.2) is 0 Å². The predicted molar refractivity (Wildman–Crippen MR) is 68.2 cm³/mol. The van der Waals surface area contributed by atoms with Crippen LogP contribution in [0.4, 0.5) is 0 Å². The molecule has 20 heavy (non-hydrogen) atoms. The van der Waals surface area contributed by atoms with E-state index in [1.54, 1.807) is 0 Å². The Balaban J connectivity index is 1.65. The molecule has 4 nitrogen and oxygen atoms in total. The lowest BCUT2D eigenvalue weighted by molar-refractivity contribution is -0.171. The van der Waals surface area contributed by atoms with Crippen molar-refractivity contribution in [1.82, 2.24) is 0 Å². The van der Waals surface area contributed by atoms with Crippen molar-refractivity contribution in [2.75, 3.05) is 14.2 Å². The van der Waals surface area contributed by atoms with Gasteiger partial charge in [-0.3, -0.25) is 9.59 Å². The van der Waals surface area contributed by atoms with Gasteiger partial charge in [-0.25, -0.2) is 0 Å². The zero-order chi connectivity index (χ0) is 14.2. The van der Waals surface area contributed by atoms with E-state index in [2.05, 4.69) is 13.8 Å². The van der Waals surface area contributed by atoms with Crippen molar-refractivity contribution in [3.63, 3.8) is 0 Å². The van der Waals surface area contributed by atoms with E-state index >= 15 is 0 Å². The summed E-state index contributed by atoms with van der Waals surface area (Å²) in [6, 6.07) is 0. The Morgan fingerprint density at radius 1 is 0.750 bits per heavy atom. The summed E-state index contributed by atoms with van der Waals surface area (Å²) >= 11 is 0. The molecule has 0 saturated heterocycles. The molecule has 0 aromatic carbocycles. The van der Waals surface area contributed by atoms with Crippen molar-refractivity contribution >= 4 is 11.9 Å². The SMILES string of the molecule is COC(=O)[C@@H]1C2[C@@H]3[C@H]4C([C@@H]1C(=O)OC)[C@H]1[C@@H]2C1(C)C34C. The normalized spacial score (nSPS) is 65.8. The van der Waals surface area contributed by atoms with Crippen LogP contribution in [0.2, 0.25) is 0 Å². The average molecular weight is 276 g/mol. The summed E-state index contributed by atoms with van der Waals surface area (Å²) < 4.78 is 10.1. The Bertz CT molecular complexity index is 497. The maximum absolute atomic E-state index is 12.3. The van der Waals surface area contributed by atoms with Crippen molar-refractivity contribution in [3.8, 4) is 0 Å². The van der Waals surface area contributed by atoms with Gasteiger partial charge in [-0.05, 0) is 46.3 Å². The van der Waals surface area contributed by atoms with Crippen LogP contribution >= 0.6 is 0 Å². The standard InChI is InChI=1S/C16H20O4/c1-15-9-7-5(13(17)19-3)6(14(18)20-4)8(10(9)15)12-11(7)16(12,15)2/h5-12H,1-4H3/t5-,6+,7?,8?,9-,10-,11+,12-,15?,16?/m1/s1. The topological polar surface area (TPSA) is 52.6 Å². The number of hydrogen-bond acceptors (Lipinski definition) is 4. The summed E-state index contributed by atoms with van der Waals surface area (Å²) in [6.07, 6.45) is 0. The molecule has 4 unspecified atom stereocenters. The number of hydrogen-bond donors (Lipinski definition) is 0. The quantitative estimate of drug-likeness (QED) is 0.714. The zero-order valence-electron chi connectivity index (χ0n) is 12.3. The molecule has 108 valence electrons. The second-order valence-electron chi connectivity index (χ2n) is 7.92. The van der Waals surface area contributed by atoms with Gasteiger partial charge in [-0.1, -0.05) is 13.8 Å². The fourth-order valence-corrected chi connectivity index (χ4v) is 7.85. The highest BCUT2D eigenvalue weighted by atomic mass is 16.5. The van der Waals surface area contributed by atoms with E-state index in [0.29, 0.717) is 46.3 Å². The molecule has 0 aromatic rings. The molecule has 4 heteroatoms. The first-order valence-corrected chi connectivity index (χ1v) is 7.62. The Morgan fingerprint density at radius 3 is 1.30 bits per heavy atom. The van der Waals surface area contributed by atoms with Gasteiger partial charge in [-0.15, -0.1) is 0 Å². The molecule has 6 aliphatic carbocycles. The van der Waals surface area contributed by atoms with Crippen molar-refractivity contribution in [1.29, 1.82) is 0 Å². The number of methoxy groups -OCH3 is 2. The maximum Gasteiger partial charge on any atom is 0.309 e. The minimum atomic E-state index is -0.258. The van der Waals surface area contributed by atoms with E-state index in [4.69, 9.17) is 9.47 Å². The fourth-order valence-electron chi connectivity index (χ4n) is 7.85. The van der Waals surface area contributed by atoms with Gasteiger partial charge >= 0.3 is 11.9 Å². The summed E-state index contributed by atoms with van der Waals surface area (Å²) in [5.74, 6) is 2.42. The van der Waals surface area contributed by atoms with Crippen LogP contribution in [0.1, 0.15) is 13.8 Å². The molecule has 6 rings (SSSR count). The van der Waals surface area contributed by atoms with Crippen molar-refractivity contribution < 1.29 is 19.1 Å². The number of carbonyl (C=O) groups excluding carboxylic acids is 2. The van der Waals surface area contributed by atoms with Gasteiger partial charge in [0.25, 0.3) is 0 Å². The lowest BCUT2D eigenvalue weighted by Crippen LogP contribution is -2.51. The monoisotopic (exact) mass is 276 g/mol. The van der Waals surface area contributed by atoms with Gasteiger partial charge in [0.2, 0.25) is 0 Å². The van der Waals surface area contributed by atoms with Crippen LogP contribution in [0, 0.1) is 58.2 Å². The Kier molecular flexibility index (Phi) is 1.62. The Morgan fingerprint density at radius 2 is 1.05 bits per heavy atom. The van der Waals surface area contributed by atoms with Gasteiger partial charge in [0.1, 0.15) is 0 Å². The molecule has 0 amide bonds. The highest BCUT2D eigenvalue weighted by Crippen LogP contribution is 3.03. The summed E-state index contributed by atoms with van der Waals surface area (Å²) in [7, 11) is 2.87. The van der Waals surface area contributed by atoms with E-state index in [-0.39, 0.29) is 23.8 Å². The van der Waals surface area contributed by atoms with Crippen LogP contribution < -0.4 is 0 Å². The smallest absolute Gasteiger partial charge is 0.309 e. The number of rotatable bonds is 2. The first kappa shape index (κ1) is 11.6. The number of ether oxygens (including phenoxy) is 2. The first-order chi connectivity index (χ1) is 9.46. The molecular weight excluding hydrogens is 256 g/mol. The molecule has 6 aliphatic rings. The predicted octanol–water partition coefficient (Wildman–Crippen LogP) is 1.34. The molecule has 0 N–H and O–H groups in total. The van der Waals surface area contributed by atoms with E-state index in [1.165, 1.54) is 14.2 Å². The highest BCUT2D eigenvalue weighted by molar-refractivity contribution is 5.85. The number of fused-ring (bicyclic) bond motifs is 1. The van der Waals surface area contributed by atoms with Crippen LogP contribution in [0.15, 0.2) is 0 Å². The molecule has 0 aliphatic heterocycles. The van der Waals surface area contributed by atoms with Crippen LogP contribution in [-0.2, 0) is 19.1 Å². The zero-order valence-corrected chi connectivity index (χ0v) is 12.3. The molecule has 0 heterocycles. The molecule has 0 radical (unpaired) electrons. The van der Waals surface area contributed by atoms with Crippen LogP contribution in [0.25, 0.3) is 0 Å². The summed E-state index contributed by atoms with van der Waals surface area (Å²) in [5, 5.41) is 0. The molecule has 0 aromatic heterocycles. The minimum Gasteiger partial charge on any atom is -0.469 e. The molecular formula is C16H20O4. The van der Waals surface area contributed by atoms with Crippen molar-refractivity contribution in [3.05, 3.63) is 0 Å². The molecule has 0 spiro atoms. The van der Waals surface area contributed by atoms with E-state index in [1.807, 2.05) is 0 Å². The van der Waals surface area contributed by atoms with E-state index in [9.17, 15) is 9.59 Å². The minimum absolute atomic E-state index is 0.197. The lowest BCUT2D eigenvalue weighted by Gasteiger charge is -2.44. The van der Waals surface area contributed by atoms with E-state index in [0.717, 1.165) is 0 Å². The third-order valence-electron chi connectivity index (χ3n) is 8.31. The summed E-state index contributed by atoms with van der Waals surface area (Å²) in [5.41, 5.74) is 0.763. The van der Waals surface area contributed by atoms with Crippen LogP contribution in [0.5, 0.6) is 0 Å². The van der Waals surface area contributed by atoms with Crippen molar-refractivity contribution in [2.45, 2.75) is 13.8 Å². The van der Waals surface area contributed by atoms with Crippen LogP contribution in [0.3, 0.4) is 0 Å². The highest BCUT2D eigenvalue weighted by Gasteiger charge is 3.01. The molecule has 2 bridgehead atoms. The summed E-state index contributed by atoms with van der Waals surface area (Å²) in [4.78, 5) is 24.6. The maximum atomic E-state index is 12.3. The Labute approximate surface area is 118 Å². The third-order valence-corrected chi connectivity index (χ3v) is 8.31. The van der Waals surface area contributed by atoms with Crippen LogP contribution in [-0.4, -0.2) is 26.2 Å². The molecule has 10 atom stereocenters. The second-order valence-corrected chi connectivity index (χ2v) is 7.92. The second kappa shape index (κ2) is 2.79. The van der Waals surface area contributed by atoms with Gasteiger partial charge in [-0.2, -0.15) is 0 Å². The third kappa shape index (κ3) is 0.746. The first-order valence-electron chi connectivity index (χ1n) is 7.62. The largest absolute Gasteiger partial charge is 0.469 e. The fraction of sp³-hybridized carbons (Fsp3) is 0.875. The number of carbonyl (C=O) groups is 2. The van der Waals surface area contributed by atoms with E-state index < -0.39 is 0 Å². The molecule has 6 saturated carbocycles. The van der Waals surface area contributed by atoms with Crippen molar-refractivity contribution in [2.24, 2.45) is 58.2 Å². The summed E-state index contributed by atoms with van der Waals surface area (Å²) in [6.45, 7) is 4.78. The average Bonchev–Trinajstić information content (AvgIpc) is 3.27. The van der Waals surface area contributed by atoms with Gasteiger partial charge in [0.05, 0.1) is 26.1 Å².